The fourth-order valence-corrected chi connectivity index (χ4v) is 4.42. The van der Waals surface area contributed by atoms with Crippen molar-refractivity contribution in [3.8, 4) is 10.6 Å². The Hall–Kier alpha value is -2.31. The predicted molar refractivity (Wildman–Crippen MR) is 105 cm³/mol. The van der Waals surface area contributed by atoms with Crippen LogP contribution in [0.5, 0.6) is 0 Å². The van der Waals surface area contributed by atoms with Crippen molar-refractivity contribution in [3.05, 3.63) is 68.5 Å². The van der Waals surface area contributed by atoms with Crippen molar-refractivity contribution in [2.75, 3.05) is 0 Å². The third kappa shape index (κ3) is 3.15. The number of thiazole rings is 1. The van der Waals surface area contributed by atoms with Crippen LogP contribution in [0.2, 0.25) is 0 Å². The Morgan fingerprint density at radius 3 is 2.76 bits per heavy atom. The van der Waals surface area contributed by atoms with Crippen molar-refractivity contribution >= 4 is 32.9 Å². The first-order valence-electron chi connectivity index (χ1n) is 8.13. The van der Waals surface area contributed by atoms with Crippen LogP contribution in [-0.4, -0.2) is 14.5 Å². The lowest BCUT2D eigenvalue weighted by Gasteiger charge is -2.02. The number of fused-ring (bicyclic) bond motifs is 1. The summed E-state index contributed by atoms with van der Waals surface area (Å²) in [5.74, 6) is 0. The minimum atomic E-state index is 0.00540. The van der Waals surface area contributed by atoms with Crippen LogP contribution in [0.25, 0.3) is 20.8 Å². The van der Waals surface area contributed by atoms with Gasteiger partial charge in [0.15, 0.2) is 0 Å². The van der Waals surface area contributed by atoms with Crippen molar-refractivity contribution in [3.63, 3.8) is 0 Å². The van der Waals surface area contributed by atoms with Crippen molar-refractivity contribution in [2.45, 2.75) is 26.8 Å². The fraction of sp³-hybridized carbons (Fsp3) is 0.211. The van der Waals surface area contributed by atoms with E-state index in [1.807, 2.05) is 11.4 Å². The number of aryl methyl sites for hydroxylation is 2. The topological polar surface area (TPSA) is 47.8 Å². The number of hydrogen-bond donors (Lipinski definition) is 0. The van der Waals surface area contributed by atoms with Crippen LogP contribution in [0.3, 0.4) is 0 Å². The number of benzene rings is 1. The highest BCUT2D eigenvalue weighted by Gasteiger charge is 2.10. The molecule has 0 radical (unpaired) electrons. The van der Waals surface area contributed by atoms with Gasteiger partial charge in [-0.3, -0.25) is 9.36 Å². The molecule has 0 atom stereocenters. The summed E-state index contributed by atoms with van der Waals surface area (Å²) >= 11 is 3.19. The Kier molecular flexibility index (Phi) is 4.23. The van der Waals surface area contributed by atoms with Crippen LogP contribution >= 0.6 is 22.7 Å². The zero-order valence-corrected chi connectivity index (χ0v) is 15.7. The van der Waals surface area contributed by atoms with Gasteiger partial charge in [0.2, 0.25) is 0 Å². The first kappa shape index (κ1) is 16.2. The number of rotatable bonds is 4. The molecule has 3 aromatic heterocycles. The third-order valence-electron chi connectivity index (χ3n) is 4.10. The van der Waals surface area contributed by atoms with E-state index in [0.29, 0.717) is 11.9 Å². The van der Waals surface area contributed by atoms with E-state index in [2.05, 4.69) is 48.1 Å². The second-order valence-electron chi connectivity index (χ2n) is 5.97. The molecule has 0 spiro atoms. The van der Waals surface area contributed by atoms with Gasteiger partial charge in [0.25, 0.3) is 5.56 Å². The molecule has 25 heavy (non-hydrogen) atoms. The molecule has 0 saturated heterocycles. The molecule has 0 bridgehead atoms. The van der Waals surface area contributed by atoms with E-state index in [1.54, 1.807) is 33.6 Å². The van der Waals surface area contributed by atoms with Gasteiger partial charge in [0, 0.05) is 15.8 Å². The maximum Gasteiger partial charge on any atom is 0.262 e. The Labute approximate surface area is 153 Å². The summed E-state index contributed by atoms with van der Waals surface area (Å²) in [5, 5.41) is 3.69. The summed E-state index contributed by atoms with van der Waals surface area (Å²) in [4.78, 5) is 23.8. The van der Waals surface area contributed by atoms with Crippen molar-refractivity contribution in [1.29, 1.82) is 0 Å². The molecule has 0 saturated carbocycles. The van der Waals surface area contributed by atoms with E-state index in [-0.39, 0.29) is 5.56 Å². The Morgan fingerprint density at radius 2 is 2.00 bits per heavy atom. The van der Waals surface area contributed by atoms with E-state index in [0.717, 1.165) is 27.5 Å². The monoisotopic (exact) mass is 367 g/mol. The zero-order chi connectivity index (χ0) is 17.4. The number of hydrogen-bond acceptors (Lipinski definition) is 5. The molecule has 1 aromatic carbocycles. The van der Waals surface area contributed by atoms with E-state index in [9.17, 15) is 4.79 Å². The van der Waals surface area contributed by atoms with Gasteiger partial charge < -0.3 is 0 Å². The van der Waals surface area contributed by atoms with Gasteiger partial charge in [-0.1, -0.05) is 36.8 Å². The molecule has 4 aromatic rings. The van der Waals surface area contributed by atoms with Crippen LogP contribution in [0, 0.1) is 6.92 Å². The van der Waals surface area contributed by atoms with Gasteiger partial charge in [0.1, 0.15) is 9.84 Å². The van der Waals surface area contributed by atoms with Crippen LogP contribution in [-0.2, 0) is 13.0 Å². The largest absolute Gasteiger partial charge is 0.293 e. The molecular formula is C19H17N3OS2. The lowest BCUT2D eigenvalue weighted by molar-refractivity contribution is 0.735. The highest BCUT2D eigenvalue weighted by molar-refractivity contribution is 7.18. The number of nitrogens with zero attached hydrogens (tertiary/aromatic N) is 3. The number of aromatic nitrogens is 3. The Morgan fingerprint density at radius 1 is 1.20 bits per heavy atom. The van der Waals surface area contributed by atoms with E-state index in [1.165, 1.54) is 10.4 Å². The molecule has 0 aliphatic carbocycles. The van der Waals surface area contributed by atoms with Crippen LogP contribution in [0.4, 0.5) is 0 Å². The fourth-order valence-electron chi connectivity index (χ4n) is 2.68. The van der Waals surface area contributed by atoms with Gasteiger partial charge in [-0.15, -0.1) is 22.7 Å². The second-order valence-corrected chi connectivity index (χ2v) is 7.95. The van der Waals surface area contributed by atoms with Crippen molar-refractivity contribution in [2.24, 2.45) is 0 Å². The van der Waals surface area contributed by atoms with Crippen molar-refractivity contribution in [1.82, 2.24) is 14.5 Å². The van der Waals surface area contributed by atoms with Gasteiger partial charge in [-0.25, -0.2) is 9.97 Å². The molecule has 0 amide bonds. The molecule has 0 aliphatic rings. The van der Waals surface area contributed by atoms with Gasteiger partial charge in [-0.2, -0.15) is 0 Å². The summed E-state index contributed by atoms with van der Waals surface area (Å²) in [6, 6.07) is 10.3. The maximum atomic E-state index is 12.7. The highest BCUT2D eigenvalue weighted by Crippen LogP contribution is 2.25. The highest BCUT2D eigenvalue weighted by atomic mass is 32.1. The SMILES string of the molecule is CCc1cc2c(=O)n(Cc3csc(-c4ccc(C)cc4)n3)cnc2s1. The minimum absolute atomic E-state index is 0.00540. The average molecular weight is 367 g/mol. The molecule has 3 heterocycles. The molecule has 126 valence electrons. The van der Waals surface area contributed by atoms with Crippen LogP contribution in [0.15, 0.2) is 46.8 Å². The molecule has 6 heteroatoms. The molecule has 4 rings (SSSR count). The Bertz CT molecular complexity index is 1090. The first-order chi connectivity index (χ1) is 12.1. The lowest BCUT2D eigenvalue weighted by atomic mass is 10.2. The standard InChI is InChI=1S/C19H17N3OS2/c1-3-15-8-16-18(25-15)20-11-22(19(16)23)9-14-10-24-17(21-14)13-6-4-12(2)5-7-13/h4-8,10-11H,3,9H2,1-2H3. The van der Waals surface area contributed by atoms with Gasteiger partial charge >= 0.3 is 0 Å². The zero-order valence-electron chi connectivity index (χ0n) is 14.0. The lowest BCUT2D eigenvalue weighted by Crippen LogP contribution is -2.20. The number of thiophene rings is 1. The summed E-state index contributed by atoms with van der Waals surface area (Å²) in [7, 11) is 0. The second kappa shape index (κ2) is 6.54. The predicted octanol–water partition coefficient (Wildman–Crippen LogP) is 4.50. The molecule has 0 fully saturated rings. The van der Waals surface area contributed by atoms with E-state index in [4.69, 9.17) is 0 Å². The third-order valence-corrected chi connectivity index (χ3v) is 6.23. The quantitative estimate of drug-likeness (QED) is 0.533. The summed E-state index contributed by atoms with van der Waals surface area (Å²) in [6.45, 7) is 4.60. The summed E-state index contributed by atoms with van der Waals surface area (Å²) in [6.07, 6.45) is 2.55. The van der Waals surface area contributed by atoms with E-state index < -0.39 is 0 Å². The molecule has 0 N–H and O–H groups in total. The minimum Gasteiger partial charge on any atom is -0.293 e. The van der Waals surface area contributed by atoms with Gasteiger partial charge in [0.05, 0.1) is 24.0 Å². The first-order valence-corrected chi connectivity index (χ1v) is 9.83. The molecule has 0 aliphatic heterocycles. The summed E-state index contributed by atoms with van der Waals surface area (Å²) < 4.78 is 1.64. The van der Waals surface area contributed by atoms with Crippen molar-refractivity contribution < 1.29 is 0 Å². The smallest absolute Gasteiger partial charge is 0.262 e. The molecular weight excluding hydrogens is 350 g/mol. The molecule has 4 nitrogen and oxygen atoms in total. The normalized spacial score (nSPS) is 11.3. The summed E-state index contributed by atoms with van der Waals surface area (Å²) in [5.41, 5.74) is 3.22. The van der Waals surface area contributed by atoms with Gasteiger partial charge in [-0.05, 0) is 19.4 Å². The van der Waals surface area contributed by atoms with E-state index >= 15 is 0 Å². The molecule has 0 unspecified atom stereocenters. The Balaban J connectivity index is 1.64. The van der Waals surface area contributed by atoms with Crippen LogP contribution < -0.4 is 5.56 Å². The maximum absolute atomic E-state index is 12.7. The van der Waals surface area contributed by atoms with Crippen LogP contribution in [0.1, 0.15) is 23.1 Å². The average Bonchev–Trinajstić information content (AvgIpc) is 3.25.